The molecule has 0 aliphatic heterocycles. The van der Waals surface area contributed by atoms with Gasteiger partial charge in [0.2, 0.25) is 0 Å². The van der Waals surface area contributed by atoms with Crippen LogP contribution in [0.5, 0.6) is 0 Å². The molecule has 0 saturated heterocycles. The summed E-state index contributed by atoms with van der Waals surface area (Å²) in [7, 11) is 1.64. The molecule has 14 heavy (non-hydrogen) atoms. The molecule has 0 radical (unpaired) electrons. The molecule has 0 amide bonds. The fourth-order valence-corrected chi connectivity index (χ4v) is 1.32. The number of benzene rings is 1. The number of hydrogen-bond acceptors (Lipinski definition) is 3. The van der Waals surface area contributed by atoms with Crippen molar-refractivity contribution in [2.75, 3.05) is 0 Å². The van der Waals surface area contributed by atoms with Crippen LogP contribution in [0.15, 0.2) is 33.6 Å². The summed E-state index contributed by atoms with van der Waals surface area (Å²) in [4.78, 5) is 11.0. The summed E-state index contributed by atoms with van der Waals surface area (Å²) in [5.74, 6) is 0.111. The summed E-state index contributed by atoms with van der Waals surface area (Å²) in [6.45, 7) is 1.99. The first-order valence-electron chi connectivity index (χ1n) is 4.28. The minimum atomic E-state index is -0.443. The molecule has 0 atom stereocenters. The lowest BCUT2D eigenvalue weighted by molar-refractivity contribution is 0.380. The molecule has 72 valence electrons. The van der Waals surface area contributed by atoms with Gasteiger partial charge in [0.25, 0.3) is 0 Å². The van der Waals surface area contributed by atoms with Crippen molar-refractivity contribution in [2.45, 2.75) is 6.92 Å². The second kappa shape index (κ2) is 3.14. The Bertz CT molecular complexity index is 511. The lowest BCUT2D eigenvalue weighted by atomic mass is 10.1. The molecule has 4 nitrogen and oxygen atoms in total. The van der Waals surface area contributed by atoms with Gasteiger partial charge in [0, 0.05) is 12.6 Å². The molecule has 0 bridgehead atoms. The number of hydrogen-bond donors (Lipinski definition) is 0. The van der Waals surface area contributed by atoms with Gasteiger partial charge >= 0.3 is 5.76 Å². The Morgan fingerprint density at radius 1 is 1.43 bits per heavy atom. The highest BCUT2D eigenvalue weighted by atomic mass is 16.5. The highest BCUT2D eigenvalue weighted by Gasteiger charge is 2.08. The summed E-state index contributed by atoms with van der Waals surface area (Å²) in [6.07, 6.45) is 0. The fraction of sp³-hybridized carbons (Fsp3) is 0.200. The molecule has 0 fully saturated rings. The number of aromatic nitrogens is 2. The standard InChI is InChI=1S/C10H10N2O2/c1-7-4-3-5-8(6-7)9-11-14-10(13)12(9)2/h3-6H,1-2H3. The predicted molar refractivity (Wildman–Crippen MR) is 51.9 cm³/mol. The van der Waals surface area contributed by atoms with E-state index in [2.05, 4.69) is 9.68 Å². The van der Waals surface area contributed by atoms with Crippen LogP contribution in [0.1, 0.15) is 5.56 Å². The van der Waals surface area contributed by atoms with Crippen LogP contribution in [-0.4, -0.2) is 9.72 Å². The van der Waals surface area contributed by atoms with Crippen molar-refractivity contribution >= 4 is 0 Å². The van der Waals surface area contributed by atoms with Crippen LogP contribution in [0.4, 0.5) is 0 Å². The van der Waals surface area contributed by atoms with Crippen LogP contribution in [0.2, 0.25) is 0 Å². The Morgan fingerprint density at radius 2 is 2.21 bits per heavy atom. The van der Waals surface area contributed by atoms with E-state index in [4.69, 9.17) is 0 Å². The van der Waals surface area contributed by atoms with Crippen molar-refractivity contribution < 1.29 is 4.52 Å². The van der Waals surface area contributed by atoms with E-state index in [0.29, 0.717) is 5.82 Å². The molecule has 0 saturated carbocycles. The highest BCUT2D eigenvalue weighted by molar-refractivity contribution is 5.55. The largest absolute Gasteiger partial charge is 0.441 e. The quantitative estimate of drug-likeness (QED) is 0.682. The predicted octanol–water partition coefficient (Wildman–Crippen LogP) is 1.35. The summed E-state index contributed by atoms with van der Waals surface area (Å²) >= 11 is 0. The van der Waals surface area contributed by atoms with Gasteiger partial charge in [-0.25, -0.2) is 4.79 Å². The Kier molecular flexibility index (Phi) is 1.96. The van der Waals surface area contributed by atoms with Gasteiger partial charge < -0.3 is 0 Å². The topological polar surface area (TPSA) is 48.0 Å². The normalized spacial score (nSPS) is 10.4. The van der Waals surface area contributed by atoms with Crippen molar-refractivity contribution in [3.8, 4) is 11.4 Å². The molecule has 1 aromatic heterocycles. The van der Waals surface area contributed by atoms with Crippen molar-refractivity contribution in [3.63, 3.8) is 0 Å². The lowest BCUT2D eigenvalue weighted by Gasteiger charge is -1.98. The van der Waals surface area contributed by atoms with E-state index in [-0.39, 0.29) is 0 Å². The first-order chi connectivity index (χ1) is 6.68. The summed E-state index contributed by atoms with van der Waals surface area (Å²) in [6, 6.07) is 7.76. The monoisotopic (exact) mass is 190 g/mol. The van der Waals surface area contributed by atoms with E-state index >= 15 is 0 Å². The number of aryl methyl sites for hydroxylation is 1. The molecule has 0 N–H and O–H groups in total. The summed E-state index contributed by atoms with van der Waals surface area (Å²) in [5, 5.41) is 3.70. The maximum atomic E-state index is 11.0. The molecule has 4 heteroatoms. The van der Waals surface area contributed by atoms with Gasteiger partial charge in [-0.05, 0) is 13.0 Å². The third kappa shape index (κ3) is 1.35. The highest BCUT2D eigenvalue weighted by Crippen LogP contribution is 2.15. The molecule has 0 aliphatic rings. The van der Waals surface area contributed by atoms with E-state index in [1.165, 1.54) is 4.57 Å². The molecule has 1 aromatic carbocycles. The van der Waals surface area contributed by atoms with E-state index in [1.807, 2.05) is 31.2 Å². The Morgan fingerprint density at radius 3 is 2.79 bits per heavy atom. The zero-order chi connectivity index (χ0) is 10.1. The third-order valence-corrected chi connectivity index (χ3v) is 2.08. The van der Waals surface area contributed by atoms with Gasteiger partial charge in [-0.3, -0.25) is 9.09 Å². The van der Waals surface area contributed by atoms with Crippen molar-refractivity contribution in [3.05, 3.63) is 40.4 Å². The van der Waals surface area contributed by atoms with Crippen molar-refractivity contribution in [2.24, 2.45) is 7.05 Å². The van der Waals surface area contributed by atoms with Crippen LogP contribution < -0.4 is 5.76 Å². The van der Waals surface area contributed by atoms with Crippen molar-refractivity contribution in [1.29, 1.82) is 0 Å². The molecule has 1 heterocycles. The Labute approximate surface area is 80.8 Å². The average molecular weight is 190 g/mol. The van der Waals surface area contributed by atoms with Crippen LogP contribution >= 0.6 is 0 Å². The van der Waals surface area contributed by atoms with Gasteiger partial charge in [-0.15, -0.1) is 0 Å². The van der Waals surface area contributed by atoms with Crippen molar-refractivity contribution in [1.82, 2.24) is 9.72 Å². The minimum absolute atomic E-state index is 0.443. The molecule has 0 spiro atoms. The molecular formula is C10H10N2O2. The van der Waals surface area contributed by atoms with E-state index in [9.17, 15) is 4.79 Å². The first-order valence-corrected chi connectivity index (χ1v) is 4.28. The zero-order valence-corrected chi connectivity index (χ0v) is 8.02. The maximum Gasteiger partial charge on any atom is 0.441 e. The SMILES string of the molecule is Cc1cccc(-c2noc(=O)n2C)c1. The van der Waals surface area contributed by atoms with Gasteiger partial charge in [0.15, 0.2) is 5.82 Å². The summed E-state index contributed by atoms with van der Waals surface area (Å²) < 4.78 is 5.93. The number of nitrogens with zero attached hydrogens (tertiary/aromatic N) is 2. The molecule has 2 rings (SSSR count). The Balaban J connectivity index is 2.60. The first kappa shape index (κ1) is 8.74. The van der Waals surface area contributed by atoms with Gasteiger partial charge in [0.1, 0.15) is 0 Å². The zero-order valence-electron chi connectivity index (χ0n) is 8.02. The number of rotatable bonds is 1. The van der Waals surface area contributed by atoms with E-state index in [1.54, 1.807) is 7.05 Å². The van der Waals surface area contributed by atoms with Crippen LogP contribution in [0, 0.1) is 6.92 Å². The second-order valence-electron chi connectivity index (χ2n) is 3.20. The molecular weight excluding hydrogens is 180 g/mol. The molecule has 0 aliphatic carbocycles. The Hall–Kier alpha value is -1.84. The minimum Gasteiger partial charge on any atom is -0.295 e. The van der Waals surface area contributed by atoms with Crippen LogP contribution in [0.3, 0.4) is 0 Å². The van der Waals surface area contributed by atoms with E-state index < -0.39 is 5.76 Å². The summed E-state index contributed by atoms with van der Waals surface area (Å²) in [5.41, 5.74) is 2.01. The lowest BCUT2D eigenvalue weighted by Crippen LogP contribution is -2.10. The molecule has 2 aromatic rings. The van der Waals surface area contributed by atoms with Gasteiger partial charge in [-0.2, -0.15) is 0 Å². The maximum absolute atomic E-state index is 11.0. The van der Waals surface area contributed by atoms with Crippen LogP contribution in [-0.2, 0) is 7.05 Å². The molecule has 0 unspecified atom stereocenters. The fourth-order valence-electron chi connectivity index (χ4n) is 1.32. The average Bonchev–Trinajstić information content (AvgIpc) is 2.48. The van der Waals surface area contributed by atoms with Gasteiger partial charge in [0.05, 0.1) is 0 Å². The van der Waals surface area contributed by atoms with Crippen LogP contribution in [0.25, 0.3) is 11.4 Å². The van der Waals surface area contributed by atoms with Gasteiger partial charge in [-0.1, -0.05) is 28.9 Å². The third-order valence-electron chi connectivity index (χ3n) is 2.08. The van der Waals surface area contributed by atoms with E-state index in [0.717, 1.165) is 11.1 Å². The smallest absolute Gasteiger partial charge is 0.295 e. The second-order valence-corrected chi connectivity index (χ2v) is 3.20.